The van der Waals surface area contributed by atoms with Crippen molar-refractivity contribution in [2.45, 2.75) is 72.0 Å². The van der Waals surface area contributed by atoms with Crippen molar-refractivity contribution in [3.05, 3.63) is 59.7 Å². The van der Waals surface area contributed by atoms with Crippen LogP contribution in [0.1, 0.15) is 64.5 Å². The van der Waals surface area contributed by atoms with E-state index in [-0.39, 0.29) is 29.9 Å². The normalized spacial score (nSPS) is 12.7. The fourth-order valence-corrected chi connectivity index (χ4v) is 3.95. The van der Waals surface area contributed by atoms with Crippen LogP contribution >= 0.6 is 0 Å². The monoisotopic (exact) mass is 452 g/mol. The first-order valence-corrected chi connectivity index (χ1v) is 11.9. The van der Waals surface area contributed by atoms with Gasteiger partial charge in [-0.15, -0.1) is 0 Å². The highest BCUT2D eigenvalue weighted by atomic mass is 16.2. The van der Waals surface area contributed by atoms with Crippen molar-refractivity contribution in [3.8, 4) is 0 Å². The lowest BCUT2D eigenvalue weighted by atomic mass is 9.94. The van der Waals surface area contributed by atoms with Gasteiger partial charge in [0.25, 0.3) is 0 Å². The van der Waals surface area contributed by atoms with Crippen molar-refractivity contribution in [1.82, 2.24) is 10.2 Å². The van der Waals surface area contributed by atoms with Crippen LogP contribution in [-0.2, 0) is 11.3 Å². The van der Waals surface area contributed by atoms with Crippen LogP contribution in [0, 0.1) is 0 Å². The van der Waals surface area contributed by atoms with Crippen LogP contribution in [0.2, 0.25) is 0 Å². The Morgan fingerprint density at radius 2 is 1.61 bits per heavy atom. The lowest BCUT2D eigenvalue weighted by Crippen LogP contribution is -2.41. The molecule has 0 aromatic heterocycles. The Bertz CT molecular complexity index is 912. The van der Waals surface area contributed by atoms with Gasteiger partial charge in [-0.25, -0.2) is 4.79 Å². The molecule has 3 amide bonds. The molecule has 0 fully saturated rings. The fraction of sp³-hybridized carbons (Fsp3) is 0.481. The average Bonchev–Trinajstić information content (AvgIpc) is 2.77. The number of amides is 3. The lowest BCUT2D eigenvalue weighted by Gasteiger charge is -2.33. The third-order valence-corrected chi connectivity index (χ3v) is 5.89. The number of hydrogen-bond acceptors (Lipinski definition) is 3. The van der Waals surface area contributed by atoms with E-state index in [1.54, 1.807) is 0 Å². The summed E-state index contributed by atoms with van der Waals surface area (Å²) in [6.07, 6.45) is 1.61. The van der Waals surface area contributed by atoms with Crippen LogP contribution in [0.3, 0.4) is 0 Å². The van der Waals surface area contributed by atoms with E-state index in [1.807, 2.05) is 86.3 Å². The van der Waals surface area contributed by atoms with Gasteiger partial charge < -0.3 is 20.4 Å². The van der Waals surface area contributed by atoms with Crippen LogP contribution in [0.25, 0.3) is 0 Å². The molecule has 0 aliphatic carbocycles. The Hall–Kier alpha value is -3.02. The lowest BCUT2D eigenvalue weighted by molar-refractivity contribution is -0.135. The smallest absolute Gasteiger partial charge is 0.319 e. The first-order valence-electron chi connectivity index (χ1n) is 11.9. The van der Waals surface area contributed by atoms with Gasteiger partial charge in [-0.05, 0) is 62.9 Å². The van der Waals surface area contributed by atoms with Gasteiger partial charge in [0.05, 0.1) is 5.92 Å². The van der Waals surface area contributed by atoms with E-state index in [0.29, 0.717) is 12.2 Å². The summed E-state index contributed by atoms with van der Waals surface area (Å²) in [5.74, 6) is -0.0418. The number of nitrogens with one attached hydrogen (secondary N) is 2. The SMILES string of the molecule is CC[C@@H](C(=O)N(Cc1cc(NC(=O)NC(C)C)ccc1N(C)C)[C@@H](C)CC)c1ccccc1. The van der Waals surface area contributed by atoms with Gasteiger partial charge in [-0.1, -0.05) is 44.2 Å². The van der Waals surface area contributed by atoms with E-state index < -0.39 is 0 Å². The van der Waals surface area contributed by atoms with Crippen LogP contribution in [0.4, 0.5) is 16.2 Å². The Morgan fingerprint density at radius 1 is 0.939 bits per heavy atom. The predicted molar refractivity (Wildman–Crippen MR) is 138 cm³/mol. The molecule has 6 nitrogen and oxygen atoms in total. The third-order valence-electron chi connectivity index (χ3n) is 5.89. The van der Waals surface area contributed by atoms with Crippen molar-refractivity contribution in [2.75, 3.05) is 24.3 Å². The zero-order valence-corrected chi connectivity index (χ0v) is 21.2. The number of carbonyl (C=O) groups excluding carboxylic acids is 2. The number of nitrogens with zero attached hydrogens (tertiary/aromatic N) is 2. The molecule has 2 aromatic rings. The molecule has 0 spiro atoms. The topological polar surface area (TPSA) is 64.7 Å². The Kier molecular flexibility index (Phi) is 9.76. The molecule has 180 valence electrons. The van der Waals surface area contributed by atoms with Crippen molar-refractivity contribution >= 4 is 23.3 Å². The molecule has 2 atom stereocenters. The number of rotatable bonds is 10. The van der Waals surface area contributed by atoms with Crippen molar-refractivity contribution in [2.24, 2.45) is 0 Å². The second-order valence-corrected chi connectivity index (χ2v) is 9.09. The first-order chi connectivity index (χ1) is 15.7. The molecule has 0 aliphatic heterocycles. The van der Waals surface area contributed by atoms with Gasteiger partial charge in [-0.3, -0.25) is 4.79 Å². The second kappa shape index (κ2) is 12.3. The summed E-state index contributed by atoms with van der Waals surface area (Å²) in [4.78, 5) is 30.0. The largest absolute Gasteiger partial charge is 0.377 e. The van der Waals surface area contributed by atoms with E-state index in [4.69, 9.17) is 0 Å². The molecule has 2 N–H and O–H groups in total. The maximum absolute atomic E-state index is 13.8. The molecule has 0 saturated heterocycles. The highest BCUT2D eigenvalue weighted by molar-refractivity contribution is 5.90. The van der Waals surface area contributed by atoms with E-state index in [2.05, 4.69) is 31.4 Å². The summed E-state index contributed by atoms with van der Waals surface area (Å²) in [6.45, 7) is 10.6. The Morgan fingerprint density at radius 3 is 2.15 bits per heavy atom. The van der Waals surface area contributed by atoms with Gasteiger partial charge in [0.1, 0.15) is 0 Å². The second-order valence-electron chi connectivity index (χ2n) is 9.09. The van der Waals surface area contributed by atoms with Crippen molar-refractivity contribution in [1.29, 1.82) is 0 Å². The molecule has 0 heterocycles. The Balaban J connectivity index is 2.39. The number of carbonyl (C=O) groups is 2. The molecule has 2 rings (SSSR count). The van der Waals surface area contributed by atoms with Crippen molar-refractivity contribution < 1.29 is 9.59 Å². The van der Waals surface area contributed by atoms with E-state index in [1.165, 1.54) is 0 Å². The van der Waals surface area contributed by atoms with Crippen LogP contribution in [0.15, 0.2) is 48.5 Å². The molecule has 33 heavy (non-hydrogen) atoms. The van der Waals surface area contributed by atoms with E-state index >= 15 is 0 Å². The first kappa shape index (κ1) is 26.2. The molecule has 0 radical (unpaired) electrons. The van der Waals surface area contributed by atoms with Gasteiger partial charge >= 0.3 is 6.03 Å². The van der Waals surface area contributed by atoms with E-state index in [9.17, 15) is 9.59 Å². The van der Waals surface area contributed by atoms with Gasteiger partial charge in [0.15, 0.2) is 0 Å². The fourth-order valence-electron chi connectivity index (χ4n) is 3.95. The number of anilines is 2. The summed E-state index contributed by atoms with van der Waals surface area (Å²) >= 11 is 0. The van der Waals surface area contributed by atoms with Gasteiger partial charge in [0, 0.05) is 44.1 Å². The standard InChI is InChI=1S/C27H40N4O2/c1-8-20(5)31(26(32)24(9-2)21-13-11-10-12-14-21)18-22-17-23(15-16-25(22)30(6)7)29-27(33)28-19(3)4/h10-17,19-20,24H,8-9,18H2,1-7H3,(H2,28,29,33)/t20-,24+/m0/s1. The maximum atomic E-state index is 13.8. The minimum Gasteiger partial charge on any atom is -0.377 e. The van der Waals surface area contributed by atoms with Crippen LogP contribution < -0.4 is 15.5 Å². The van der Waals surface area contributed by atoms with E-state index in [0.717, 1.165) is 29.7 Å². The summed E-state index contributed by atoms with van der Waals surface area (Å²) in [6, 6.07) is 15.8. The molecule has 2 aromatic carbocycles. The maximum Gasteiger partial charge on any atom is 0.319 e. The molecule has 0 bridgehead atoms. The highest BCUT2D eigenvalue weighted by Gasteiger charge is 2.28. The zero-order valence-electron chi connectivity index (χ0n) is 21.2. The summed E-state index contributed by atoms with van der Waals surface area (Å²) < 4.78 is 0. The summed E-state index contributed by atoms with van der Waals surface area (Å²) in [5, 5.41) is 5.76. The molecule has 0 aliphatic rings. The minimum atomic E-state index is -0.237. The summed E-state index contributed by atoms with van der Waals surface area (Å²) in [7, 11) is 3.98. The molecular weight excluding hydrogens is 412 g/mol. The zero-order chi connectivity index (χ0) is 24.5. The molecule has 0 unspecified atom stereocenters. The molecule has 0 saturated carbocycles. The average molecular weight is 453 g/mol. The number of benzene rings is 2. The highest BCUT2D eigenvalue weighted by Crippen LogP contribution is 2.29. The quantitative estimate of drug-likeness (QED) is 0.493. The Labute approximate surface area is 199 Å². The predicted octanol–water partition coefficient (Wildman–Crippen LogP) is 5.60. The number of hydrogen-bond donors (Lipinski definition) is 2. The minimum absolute atomic E-state index is 0.0491. The third kappa shape index (κ3) is 7.24. The van der Waals surface area contributed by atoms with Crippen molar-refractivity contribution in [3.63, 3.8) is 0 Å². The van der Waals surface area contributed by atoms with Crippen LogP contribution in [-0.4, -0.2) is 43.0 Å². The molecule has 6 heteroatoms. The van der Waals surface area contributed by atoms with Crippen LogP contribution in [0.5, 0.6) is 0 Å². The van der Waals surface area contributed by atoms with Gasteiger partial charge in [-0.2, -0.15) is 0 Å². The van der Waals surface area contributed by atoms with Gasteiger partial charge in [0.2, 0.25) is 5.91 Å². The number of urea groups is 1. The molecular formula is C27H40N4O2. The summed E-state index contributed by atoms with van der Waals surface area (Å²) in [5.41, 5.74) is 3.78.